The van der Waals surface area contributed by atoms with Gasteiger partial charge in [-0.05, 0) is 19.1 Å². The van der Waals surface area contributed by atoms with Gasteiger partial charge in [-0.2, -0.15) is 4.98 Å². The van der Waals surface area contributed by atoms with Crippen LogP contribution in [0.1, 0.15) is 6.92 Å². The van der Waals surface area contributed by atoms with Gasteiger partial charge in [-0.15, -0.1) is 0 Å². The minimum Gasteiger partial charge on any atom is -0.490 e. The maximum atomic E-state index is 6.11. The second kappa shape index (κ2) is 5.58. The number of hydrogen-bond acceptors (Lipinski definition) is 7. The molecule has 0 saturated carbocycles. The highest BCUT2D eigenvalue weighted by Gasteiger charge is 2.22. The van der Waals surface area contributed by atoms with Crippen LogP contribution >= 0.6 is 0 Å². The lowest BCUT2D eigenvalue weighted by atomic mass is 10.2. The van der Waals surface area contributed by atoms with Crippen molar-refractivity contribution in [2.75, 3.05) is 43.4 Å². The number of anilines is 2. The molecule has 1 aliphatic heterocycles. The zero-order valence-electron chi connectivity index (χ0n) is 13.0. The number of nitrogens with one attached hydrogen (secondary N) is 1. The number of furan rings is 1. The molecule has 4 rings (SSSR count). The number of aromatic nitrogens is 2. The van der Waals surface area contributed by atoms with Gasteiger partial charge >= 0.3 is 0 Å². The number of benzene rings is 1. The van der Waals surface area contributed by atoms with Gasteiger partial charge in [0.05, 0.1) is 12.0 Å². The van der Waals surface area contributed by atoms with Gasteiger partial charge in [0.25, 0.3) is 0 Å². The first-order valence-corrected chi connectivity index (χ1v) is 7.85. The predicted octanol–water partition coefficient (Wildman–Crippen LogP) is 1.77. The second-order valence-electron chi connectivity index (χ2n) is 5.49. The Bertz CT molecular complexity index is 854. The third-order valence-corrected chi connectivity index (χ3v) is 4.02. The third kappa shape index (κ3) is 2.33. The zero-order valence-corrected chi connectivity index (χ0v) is 13.0. The minimum absolute atomic E-state index is 0.260. The van der Waals surface area contributed by atoms with Gasteiger partial charge in [-0.3, -0.25) is 0 Å². The van der Waals surface area contributed by atoms with Crippen molar-refractivity contribution < 1.29 is 9.15 Å². The van der Waals surface area contributed by atoms with Crippen molar-refractivity contribution in [2.45, 2.75) is 6.92 Å². The van der Waals surface area contributed by atoms with Crippen molar-refractivity contribution in [3.63, 3.8) is 0 Å². The normalized spacial score (nSPS) is 15.4. The number of nitrogen functional groups attached to an aromatic ring is 1. The molecule has 3 aromatic rings. The predicted molar refractivity (Wildman–Crippen MR) is 90.0 cm³/mol. The van der Waals surface area contributed by atoms with Crippen LogP contribution in [0.3, 0.4) is 0 Å². The van der Waals surface area contributed by atoms with Gasteiger partial charge in [0.15, 0.2) is 22.7 Å². The van der Waals surface area contributed by atoms with Crippen LogP contribution in [-0.2, 0) is 0 Å². The van der Waals surface area contributed by atoms with Crippen molar-refractivity contribution in [3.8, 4) is 5.75 Å². The summed E-state index contributed by atoms with van der Waals surface area (Å²) >= 11 is 0. The third-order valence-electron chi connectivity index (χ3n) is 4.02. The van der Waals surface area contributed by atoms with E-state index in [-0.39, 0.29) is 5.95 Å². The number of nitrogens with zero attached hydrogens (tertiary/aromatic N) is 3. The summed E-state index contributed by atoms with van der Waals surface area (Å²) in [5.41, 5.74) is 8.04. The van der Waals surface area contributed by atoms with Crippen LogP contribution in [0, 0.1) is 0 Å². The average molecular weight is 313 g/mol. The fourth-order valence-corrected chi connectivity index (χ4v) is 3.00. The summed E-state index contributed by atoms with van der Waals surface area (Å²) in [6, 6.07) is 5.80. The van der Waals surface area contributed by atoms with E-state index >= 15 is 0 Å². The highest BCUT2D eigenvalue weighted by atomic mass is 16.5. The van der Waals surface area contributed by atoms with E-state index in [2.05, 4.69) is 20.2 Å². The number of hydrogen-bond donors (Lipinski definition) is 2. The SMILES string of the molecule is CCOc1cccc2c1oc1c(N3CCNCC3)nc(N)nc12. The average Bonchev–Trinajstić information content (AvgIpc) is 2.95. The highest BCUT2D eigenvalue weighted by molar-refractivity contribution is 6.07. The molecule has 2 aromatic heterocycles. The Balaban J connectivity index is 1.96. The lowest BCUT2D eigenvalue weighted by molar-refractivity contribution is 0.339. The molecule has 0 atom stereocenters. The number of fused-ring (bicyclic) bond motifs is 3. The molecule has 7 heteroatoms. The molecule has 1 saturated heterocycles. The number of rotatable bonds is 3. The van der Waals surface area contributed by atoms with Gasteiger partial charge in [0, 0.05) is 26.2 Å². The van der Waals surface area contributed by atoms with Crippen LogP contribution in [0.25, 0.3) is 22.1 Å². The van der Waals surface area contributed by atoms with Gasteiger partial charge in [0.1, 0.15) is 5.52 Å². The van der Waals surface area contributed by atoms with E-state index in [1.54, 1.807) is 0 Å². The lowest BCUT2D eigenvalue weighted by Gasteiger charge is -2.28. The first-order chi connectivity index (χ1) is 11.3. The molecule has 3 N–H and O–H groups in total. The summed E-state index contributed by atoms with van der Waals surface area (Å²) in [7, 11) is 0. The van der Waals surface area contributed by atoms with Crippen molar-refractivity contribution in [3.05, 3.63) is 18.2 Å². The largest absolute Gasteiger partial charge is 0.490 e. The van der Waals surface area contributed by atoms with E-state index < -0.39 is 0 Å². The summed E-state index contributed by atoms with van der Waals surface area (Å²) in [6.45, 7) is 6.08. The molecule has 0 aliphatic carbocycles. The minimum atomic E-state index is 0.260. The quantitative estimate of drug-likeness (QED) is 0.761. The van der Waals surface area contributed by atoms with Crippen LogP contribution in [0.5, 0.6) is 5.75 Å². The van der Waals surface area contributed by atoms with Gasteiger partial charge < -0.3 is 25.1 Å². The van der Waals surface area contributed by atoms with E-state index in [4.69, 9.17) is 14.9 Å². The second-order valence-corrected chi connectivity index (χ2v) is 5.49. The molecule has 0 bridgehead atoms. The molecule has 0 unspecified atom stereocenters. The van der Waals surface area contributed by atoms with Crippen molar-refractivity contribution >= 4 is 33.8 Å². The van der Waals surface area contributed by atoms with Crippen LogP contribution in [-0.4, -0.2) is 42.8 Å². The van der Waals surface area contributed by atoms with Gasteiger partial charge in [0.2, 0.25) is 5.95 Å². The molecule has 23 heavy (non-hydrogen) atoms. The fraction of sp³-hybridized carbons (Fsp3) is 0.375. The Labute approximate surface area is 133 Å². The Morgan fingerprint density at radius 1 is 1.26 bits per heavy atom. The maximum absolute atomic E-state index is 6.11. The van der Waals surface area contributed by atoms with Crippen molar-refractivity contribution in [1.29, 1.82) is 0 Å². The number of para-hydroxylation sites is 1. The Kier molecular flexibility index (Phi) is 3.42. The van der Waals surface area contributed by atoms with Crippen LogP contribution < -0.4 is 20.7 Å². The smallest absolute Gasteiger partial charge is 0.222 e. The molecule has 1 fully saturated rings. The molecule has 7 nitrogen and oxygen atoms in total. The Morgan fingerprint density at radius 2 is 2.09 bits per heavy atom. The van der Waals surface area contributed by atoms with E-state index in [0.717, 1.165) is 42.9 Å². The van der Waals surface area contributed by atoms with E-state index in [9.17, 15) is 0 Å². The molecule has 1 aliphatic rings. The monoisotopic (exact) mass is 313 g/mol. The summed E-state index contributed by atoms with van der Waals surface area (Å²) in [5.74, 6) is 1.73. The van der Waals surface area contributed by atoms with Crippen molar-refractivity contribution in [1.82, 2.24) is 15.3 Å². The van der Waals surface area contributed by atoms with Gasteiger partial charge in [-0.25, -0.2) is 4.98 Å². The number of piperazine rings is 1. The highest BCUT2D eigenvalue weighted by Crippen LogP contribution is 2.37. The molecule has 0 radical (unpaired) electrons. The van der Waals surface area contributed by atoms with E-state index in [1.165, 1.54) is 0 Å². The Morgan fingerprint density at radius 3 is 2.87 bits per heavy atom. The standard InChI is InChI=1S/C16H19N5O2/c1-2-22-11-5-3-4-10-12-14(23-13(10)11)15(20-16(17)19-12)21-8-6-18-7-9-21/h3-5,18H,2,6-9H2,1H3,(H2,17,19,20). The molecule has 0 amide bonds. The van der Waals surface area contributed by atoms with Crippen LogP contribution in [0.2, 0.25) is 0 Å². The van der Waals surface area contributed by atoms with Crippen LogP contribution in [0.15, 0.2) is 22.6 Å². The lowest BCUT2D eigenvalue weighted by Crippen LogP contribution is -2.44. The van der Waals surface area contributed by atoms with E-state index in [1.807, 2.05) is 25.1 Å². The molecule has 3 heterocycles. The first-order valence-electron chi connectivity index (χ1n) is 7.85. The van der Waals surface area contributed by atoms with Crippen molar-refractivity contribution in [2.24, 2.45) is 0 Å². The number of nitrogens with two attached hydrogens (primary N) is 1. The molecule has 0 spiro atoms. The zero-order chi connectivity index (χ0) is 15.8. The van der Waals surface area contributed by atoms with Gasteiger partial charge in [-0.1, -0.05) is 6.07 Å². The Hall–Kier alpha value is -2.54. The fourth-order valence-electron chi connectivity index (χ4n) is 3.00. The number of ether oxygens (including phenoxy) is 1. The first kappa shape index (κ1) is 14.1. The summed E-state index contributed by atoms with van der Waals surface area (Å²) in [5, 5.41) is 4.23. The molecular formula is C16H19N5O2. The topological polar surface area (TPSA) is 89.4 Å². The molecule has 120 valence electrons. The van der Waals surface area contributed by atoms with Crippen LogP contribution in [0.4, 0.5) is 11.8 Å². The molecular weight excluding hydrogens is 294 g/mol. The van der Waals surface area contributed by atoms with E-state index in [0.29, 0.717) is 23.5 Å². The summed E-state index contributed by atoms with van der Waals surface area (Å²) < 4.78 is 11.8. The maximum Gasteiger partial charge on any atom is 0.222 e. The summed E-state index contributed by atoms with van der Waals surface area (Å²) in [6.07, 6.45) is 0. The summed E-state index contributed by atoms with van der Waals surface area (Å²) in [4.78, 5) is 11.0. The molecule has 1 aromatic carbocycles.